The number of benzene rings is 2. The summed E-state index contributed by atoms with van der Waals surface area (Å²) in [7, 11) is 0. The summed E-state index contributed by atoms with van der Waals surface area (Å²) in [4.78, 5) is 20.0. The lowest BCUT2D eigenvalue weighted by Crippen LogP contribution is -2.13. The number of hydrogen-bond acceptors (Lipinski definition) is 3. The second-order valence-corrected chi connectivity index (χ2v) is 5.88. The summed E-state index contributed by atoms with van der Waals surface area (Å²) in [6.45, 7) is 1.91. The van der Waals surface area contributed by atoms with Gasteiger partial charge >= 0.3 is 0 Å². The van der Waals surface area contributed by atoms with Crippen molar-refractivity contribution in [2.45, 2.75) is 17.3 Å². The third-order valence-electron chi connectivity index (χ3n) is 3.08. The summed E-state index contributed by atoms with van der Waals surface area (Å²) in [5.41, 5.74) is 2.66. The van der Waals surface area contributed by atoms with Gasteiger partial charge in [0.25, 0.3) is 0 Å². The molecule has 0 aliphatic rings. The first kappa shape index (κ1) is 12.9. The van der Waals surface area contributed by atoms with Gasteiger partial charge < -0.3 is 4.98 Å². The normalized spacial score (nSPS) is 12.4. The SMILES string of the molecule is CC(Sc1nc2ccccc2[nH]1)C(=O)c1ccccc1. The van der Waals surface area contributed by atoms with Crippen molar-refractivity contribution in [1.82, 2.24) is 9.97 Å². The van der Waals surface area contributed by atoms with E-state index in [1.54, 1.807) is 0 Å². The number of hydrogen-bond donors (Lipinski definition) is 1. The van der Waals surface area contributed by atoms with Gasteiger partial charge in [0.1, 0.15) is 0 Å². The number of carbonyl (C=O) groups excluding carboxylic acids is 1. The molecular formula is C16H14N2OS. The Kier molecular flexibility index (Phi) is 3.56. The van der Waals surface area contributed by atoms with E-state index in [4.69, 9.17) is 0 Å². The molecule has 3 rings (SSSR count). The molecule has 1 unspecified atom stereocenters. The maximum Gasteiger partial charge on any atom is 0.175 e. The number of nitrogens with one attached hydrogen (secondary N) is 1. The van der Waals surface area contributed by atoms with Crippen LogP contribution < -0.4 is 0 Å². The number of thioether (sulfide) groups is 1. The van der Waals surface area contributed by atoms with Gasteiger partial charge in [-0.3, -0.25) is 4.79 Å². The van der Waals surface area contributed by atoms with Crippen molar-refractivity contribution in [3.8, 4) is 0 Å². The number of ketones is 1. The van der Waals surface area contributed by atoms with Crippen LogP contribution in [0.4, 0.5) is 0 Å². The van der Waals surface area contributed by atoms with Crippen molar-refractivity contribution in [1.29, 1.82) is 0 Å². The van der Waals surface area contributed by atoms with E-state index >= 15 is 0 Å². The minimum absolute atomic E-state index is 0.121. The minimum atomic E-state index is -0.169. The van der Waals surface area contributed by atoms with Crippen molar-refractivity contribution in [2.75, 3.05) is 0 Å². The second-order valence-electron chi connectivity index (χ2n) is 4.55. The van der Waals surface area contributed by atoms with Gasteiger partial charge in [0.15, 0.2) is 10.9 Å². The van der Waals surface area contributed by atoms with Crippen LogP contribution >= 0.6 is 11.8 Å². The molecule has 0 amide bonds. The summed E-state index contributed by atoms with van der Waals surface area (Å²) in [5.74, 6) is 0.121. The van der Waals surface area contributed by atoms with E-state index in [0.717, 1.165) is 21.8 Å². The van der Waals surface area contributed by atoms with E-state index < -0.39 is 0 Å². The standard InChI is InChI=1S/C16H14N2OS/c1-11(15(19)12-7-3-2-4-8-12)20-16-17-13-9-5-6-10-14(13)18-16/h2-11H,1H3,(H,17,18). The molecule has 20 heavy (non-hydrogen) atoms. The largest absolute Gasteiger partial charge is 0.333 e. The van der Waals surface area contributed by atoms with Crippen LogP contribution in [0.25, 0.3) is 11.0 Å². The number of aromatic amines is 1. The third-order valence-corrected chi connectivity index (χ3v) is 4.07. The zero-order valence-electron chi connectivity index (χ0n) is 11.0. The zero-order chi connectivity index (χ0) is 13.9. The minimum Gasteiger partial charge on any atom is -0.333 e. The Labute approximate surface area is 121 Å². The molecular weight excluding hydrogens is 268 g/mol. The van der Waals surface area contributed by atoms with Gasteiger partial charge in [-0.05, 0) is 19.1 Å². The quantitative estimate of drug-likeness (QED) is 0.582. The monoisotopic (exact) mass is 282 g/mol. The fourth-order valence-electron chi connectivity index (χ4n) is 2.04. The second kappa shape index (κ2) is 5.51. The molecule has 4 heteroatoms. The van der Waals surface area contributed by atoms with Crippen LogP contribution in [-0.2, 0) is 0 Å². The first-order valence-electron chi connectivity index (χ1n) is 6.45. The third kappa shape index (κ3) is 2.60. The summed E-state index contributed by atoms with van der Waals surface area (Å²) in [6.07, 6.45) is 0. The summed E-state index contributed by atoms with van der Waals surface area (Å²) in [6, 6.07) is 17.2. The van der Waals surface area contributed by atoms with Gasteiger partial charge in [0, 0.05) is 5.56 Å². The van der Waals surface area contributed by atoms with Gasteiger partial charge in [-0.1, -0.05) is 54.2 Å². The first-order valence-corrected chi connectivity index (χ1v) is 7.32. The predicted molar refractivity (Wildman–Crippen MR) is 82.2 cm³/mol. The molecule has 0 bridgehead atoms. The van der Waals surface area contributed by atoms with Crippen LogP contribution in [0.5, 0.6) is 0 Å². The molecule has 0 saturated carbocycles. The van der Waals surface area contributed by atoms with Gasteiger partial charge in [0.05, 0.1) is 16.3 Å². The lowest BCUT2D eigenvalue weighted by atomic mass is 10.1. The smallest absolute Gasteiger partial charge is 0.175 e. The Morgan fingerprint density at radius 2 is 1.80 bits per heavy atom. The fraction of sp³-hybridized carbons (Fsp3) is 0.125. The van der Waals surface area contributed by atoms with Crippen molar-refractivity contribution in [3.05, 3.63) is 60.2 Å². The highest BCUT2D eigenvalue weighted by Gasteiger charge is 2.17. The lowest BCUT2D eigenvalue weighted by molar-refractivity contribution is 0.0994. The molecule has 3 nitrogen and oxygen atoms in total. The average molecular weight is 282 g/mol. The number of Topliss-reactive ketones (excluding diaryl/α,β-unsaturated/α-hetero) is 1. The van der Waals surface area contributed by atoms with Crippen molar-refractivity contribution >= 4 is 28.6 Å². The van der Waals surface area contributed by atoms with E-state index in [1.165, 1.54) is 11.8 Å². The molecule has 2 aromatic carbocycles. The molecule has 1 heterocycles. The molecule has 0 fully saturated rings. The van der Waals surface area contributed by atoms with E-state index in [0.29, 0.717) is 0 Å². The molecule has 0 aliphatic carbocycles. The van der Waals surface area contributed by atoms with Crippen LogP contribution in [0.2, 0.25) is 0 Å². The van der Waals surface area contributed by atoms with Crippen molar-refractivity contribution < 1.29 is 4.79 Å². The predicted octanol–water partition coefficient (Wildman–Crippen LogP) is 3.93. The highest BCUT2D eigenvalue weighted by Crippen LogP contribution is 2.25. The van der Waals surface area contributed by atoms with Gasteiger partial charge in [-0.15, -0.1) is 0 Å². The van der Waals surface area contributed by atoms with Crippen LogP contribution in [0, 0.1) is 0 Å². The molecule has 0 aliphatic heterocycles. The van der Waals surface area contributed by atoms with Gasteiger partial charge in [-0.25, -0.2) is 4.98 Å². The van der Waals surface area contributed by atoms with Crippen molar-refractivity contribution in [2.24, 2.45) is 0 Å². The number of para-hydroxylation sites is 2. The number of nitrogens with zero attached hydrogens (tertiary/aromatic N) is 1. The summed E-state index contributed by atoms with van der Waals surface area (Å²) < 4.78 is 0. The Bertz CT molecular complexity index is 703. The van der Waals surface area contributed by atoms with E-state index in [-0.39, 0.29) is 11.0 Å². The molecule has 0 spiro atoms. The van der Waals surface area contributed by atoms with E-state index in [1.807, 2.05) is 61.5 Å². The molecule has 1 N–H and O–H groups in total. The number of H-pyrrole nitrogens is 1. The van der Waals surface area contributed by atoms with E-state index in [2.05, 4.69) is 9.97 Å². The summed E-state index contributed by atoms with van der Waals surface area (Å²) in [5, 5.41) is 0.612. The molecule has 1 atom stereocenters. The number of fused-ring (bicyclic) bond motifs is 1. The zero-order valence-corrected chi connectivity index (χ0v) is 11.9. The van der Waals surface area contributed by atoms with Crippen LogP contribution in [-0.4, -0.2) is 21.0 Å². The topological polar surface area (TPSA) is 45.8 Å². The van der Waals surface area contributed by atoms with Gasteiger partial charge in [0.2, 0.25) is 0 Å². The Hall–Kier alpha value is -2.07. The Balaban J connectivity index is 1.78. The van der Waals surface area contributed by atoms with Crippen molar-refractivity contribution in [3.63, 3.8) is 0 Å². The summed E-state index contributed by atoms with van der Waals surface area (Å²) >= 11 is 1.46. The maximum atomic E-state index is 12.3. The average Bonchev–Trinajstić information content (AvgIpc) is 2.89. The number of rotatable bonds is 4. The highest BCUT2D eigenvalue weighted by atomic mass is 32.2. The number of aromatic nitrogens is 2. The van der Waals surface area contributed by atoms with Gasteiger partial charge in [-0.2, -0.15) is 0 Å². The molecule has 0 saturated heterocycles. The van der Waals surface area contributed by atoms with Crippen LogP contribution in [0.15, 0.2) is 59.8 Å². The van der Waals surface area contributed by atoms with E-state index in [9.17, 15) is 4.79 Å². The Morgan fingerprint density at radius 1 is 1.10 bits per heavy atom. The van der Waals surface area contributed by atoms with Crippen LogP contribution in [0.3, 0.4) is 0 Å². The molecule has 3 aromatic rings. The first-order chi connectivity index (χ1) is 9.74. The highest BCUT2D eigenvalue weighted by molar-refractivity contribution is 8.00. The van der Waals surface area contributed by atoms with Crippen LogP contribution in [0.1, 0.15) is 17.3 Å². The number of carbonyl (C=O) groups is 1. The molecule has 100 valence electrons. The molecule has 0 radical (unpaired) electrons. The Morgan fingerprint density at radius 3 is 2.55 bits per heavy atom. The number of imidazole rings is 1. The fourth-order valence-corrected chi connectivity index (χ4v) is 2.94. The lowest BCUT2D eigenvalue weighted by Gasteiger charge is -2.07. The molecule has 1 aromatic heterocycles. The maximum absolute atomic E-state index is 12.3.